The molecule has 1 aliphatic heterocycles. The van der Waals surface area contributed by atoms with E-state index in [0.29, 0.717) is 24.1 Å². The first-order valence-corrected chi connectivity index (χ1v) is 9.51. The Labute approximate surface area is 177 Å². The second-order valence-electron chi connectivity index (χ2n) is 7.06. The first kappa shape index (κ1) is 22.9. The topological polar surface area (TPSA) is 76.9 Å². The summed E-state index contributed by atoms with van der Waals surface area (Å²) in [5, 5.41) is 14.1. The Hall–Kier alpha value is -2.35. The molecule has 3 rings (SSSR count). The van der Waals surface area contributed by atoms with Crippen LogP contribution in [0.5, 0.6) is 11.5 Å². The van der Waals surface area contributed by atoms with Crippen molar-refractivity contribution in [1.29, 1.82) is 0 Å². The maximum atomic E-state index is 10.8. The van der Waals surface area contributed by atoms with Gasteiger partial charge in [0.2, 0.25) is 0 Å². The highest BCUT2D eigenvalue weighted by atomic mass is 35.5. The molecule has 1 aliphatic rings. The number of methoxy groups -OCH3 is 1. The lowest BCUT2D eigenvalue weighted by Gasteiger charge is -2.32. The van der Waals surface area contributed by atoms with Crippen LogP contribution < -0.4 is 14.8 Å². The molecule has 1 fully saturated rings. The van der Waals surface area contributed by atoms with Crippen LogP contribution in [0.1, 0.15) is 24.0 Å². The van der Waals surface area contributed by atoms with Gasteiger partial charge in [-0.15, -0.1) is 12.4 Å². The fourth-order valence-corrected chi connectivity index (χ4v) is 3.50. The molecule has 8 heteroatoms. The second kappa shape index (κ2) is 11.0. The average Bonchev–Trinajstić information content (AvgIpc) is 2.73. The van der Waals surface area contributed by atoms with Gasteiger partial charge in [-0.3, -0.25) is 15.0 Å². The molecule has 1 unspecified atom stereocenters. The van der Waals surface area contributed by atoms with Crippen LogP contribution in [0.2, 0.25) is 0 Å². The van der Waals surface area contributed by atoms with Gasteiger partial charge in [0.25, 0.3) is 5.69 Å². The molecule has 7 nitrogen and oxygen atoms in total. The smallest absolute Gasteiger partial charge is 0.269 e. The molecule has 1 saturated heterocycles. The zero-order valence-corrected chi connectivity index (χ0v) is 17.6. The molecule has 0 amide bonds. The van der Waals surface area contributed by atoms with Crippen molar-refractivity contribution in [2.45, 2.75) is 32.0 Å². The number of nitrogens with one attached hydrogen (secondary N) is 1. The highest BCUT2D eigenvalue weighted by Crippen LogP contribution is 2.30. The largest absolute Gasteiger partial charge is 0.493 e. The van der Waals surface area contributed by atoms with Gasteiger partial charge >= 0.3 is 0 Å². The Morgan fingerprint density at radius 1 is 1.17 bits per heavy atom. The van der Waals surface area contributed by atoms with Gasteiger partial charge < -0.3 is 14.8 Å². The highest BCUT2D eigenvalue weighted by Gasteiger charge is 2.19. The number of halogens is 1. The maximum Gasteiger partial charge on any atom is 0.269 e. The second-order valence-corrected chi connectivity index (χ2v) is 7.06. The lowest BCUT2D eigenvalue weighted by molar-refractivity contribution is -0.384. The van der Waals surface area contributed by atoms with Gasteiger partial charge in [0.1, 0.15) is 6.61 Å². The monoisotopic (exact) mass is 421 g/mol. The molecule has 0 saturated carbocycles. The van der Waals surface area contributed by atoms with E-state index < -0.39 is 4.92 Å². The predicted octanol–water partition coefficient (Wildman–Crippen LogP) is 3.79. The molecule has 0 radical (unpaired) electrons. The van der Waals surface area contributed by atoms with Crippen LogP contribution in [0.3, 0.4) is 0 Å². The van der Waals surface area contributed by atoms with Crippen molar-refractivity contribution in [2.75, 3.05) is 27.2 Å². The number of piperidine rings is 1. The van der Waals surface area contributed by atoms with Crippen LogP contribution in [0.25, 0.3) is 0 Å². The maximum absolute atomic E-state index is 10.8. The van der Waals surface area contributed by atoms with Gasteiger partial charge in [0.15, 0.2) is 11.5 Å². The summed E-state index contributed by atoms with van der Waals surface area (Å²) in [7, 11) is 3.64. The molecule has 2 aromatic carbocycles. The molecule has 2 aromatic rings. The first-order chi connectivity index (χ1) is 13.6. The fraction of sp³-hybridized carbons (Fsp3) is 0.429. The molecular formula is C21H28ClN3O4. The predicted molar refractivity (Wildman–Crippen MR) is 115 cm³/mol. The molecule has 0 bridgehead atoms. The average molecular weight is 422 g/mol. The van der Waals surface area contributed by atoms with E-state index in [9.17, 15) is 10.1 Å². The molecule has 0 spiro atoms. The minimum absolute atomic E-state index is 0. The lowest BCUT2D eigenvalue weighted by atomic mass is 10.0. The molecule has 1 N–H and O–H groups in total. The summed E-state index contributed by atoms with van der Waals surface area (Å²) in [4.78, 5) is 12.8. The number of nitrogens with zero attached hydrogens (tertiary/aromatic N) is 2. The van der Waals surface area contributed by atoms with E-state index >= 15 is 0 Å². The number of hydrogen-bond acceptors (Lipinski definition) is 6. The summed E-state index contributed by atoms with van der Waals surface area (Å²) in [6.45, 7) is 3.34. The number of nitro benzene ring substituents is 1. The molecule has 0 aliphatic carbocycles. The number of non-ortho nitro benzene ring substituents is 1. The number of likely N-dealkylation sites (tertiary alicyclic amines) is 1. The van der Waals surface area contributed by atoms with Gasteiger partial charge in [-0.05, 0) is 61.8 Å². The van der Waals surface area contributed by atoms with Gasteiger partial charge in [-0.2, -0.15) is 0 Å². The van der Waals surface area contributed by atoms with Crippen molar-refractivity contribution < 1.29 is 14.4 Å². The Bertz CT molecular complexity index is 801. The zero-order chi connectivity index (χ0) is 19.9. The molecule has 1 heterocycles. The number of ether oxygens (including phenoxy) is 2. The van der Waals surface area contributed by atoms with Gasteiger partial charge in [0, 0.05) is 31.3 Å². The summed E-state index contributed by atoms with van der Waals surface area (Å²) >= 11 is 0. The van der Waals surface area contributed by atoms with E-state index in [-0.39, 0.29) is 18.1 Å². The number of nitro groups is 1. The van der Waals surface area contributed by atoms with Crippen LogP contribution in [0, 0.1) is 10.1 Å². The Morgan fingerprint density at radius 3 is 2.55 bits per heavy atom. The van der Waals surface area contributed by atoms with E-state index in [1.165, 1.54) is 30.5 Å². The van der Waals surface area contributed by atoms with Gasteiger partial charge in [-0.25, -0.2) is 0 Å². The van der Waals surface area contributed by atoms with E-state index in [4.69, 9.17) is 9.47 Å². The third-order valence-electron chi connectivity index (χ3n) is 5.09. The molecule has 0 aromatic heterocycles. The minimum atomic E-state index is -0.406. The van der Waals surface area contributed by atoms with Crippen molar-refractivity contribution in [3.63, 3.8) is 0 Å². The minimum Gasteiger partial charge on any atom is -0.493 e. The lowest BCUT2D eigenvalue weighted by Crippen LogP contribution is -2.43. The number of hydrogen-bond donors (Lipinski definition) is 1. The third-order valence-corrected chi connectivity index (χ3v) is 5.09. The summed E-state index contributed by atoms with van der Waals surface area (Å²) in [5.74, 6) is 1.36. The van der Waals surface area contributed by atoms with Crippen LogP contribution >= 0.6 is 12.4 Å². The first-order valence-electron chi connectivity index (χ1n) is 9.51. The number of benzene rings is 2. The zero-order valence-electron chi connectivity index (χ0n) is 16.8. The van der Waals surface area contributed by atoms with Crippen molar-refractivity contribution in [3.8, 4) is 11.5 Å². The molecular weight excluding hydrogens is 394 g/mol. The van der Waals surface area contributed by atoms with E-state index in [1.807, 2.05) is 19.2 Å². The Kier molecular flexibility index (Phi) is 8.70. The van der Waals surface area contributed by atoms with Gasteiger partial charge in [-0.1, -0.05) is 6.07 Å². The Morgan fingerprint density at radius 2 is 1.90 bits per heavy atom. The summed E-state index contributed by atoms with van der Waals surface area (Å²) in [6, 6.07) is 13.0. The standard InChI is InChI=1S/C21H27N3O4.ClH/c1-22-18-4-3-11-23(14-18)13-17-7-10-20(27-2)21(12-17)28-15-16-5-8-19(9-6-16)24(25)26;/h5-10,12,18,22H,3-4,11,13-15H2,1-2H3;1H. The van der Waals surface area contributed by atoms with E-state index in [1.54, 1.807) is 19.2 Å². The molecule has 1 atom stereocenters. The fourth-order valence-electron chi connectivity index (χ4n) is 3.50. The summed E-state index contributed by atoms with van der Waals surface area (Å²) in [5.41, 5.74) is 2.12. The van der Waals surface area contributed by atoms with Crippen molar-refractivity contribution in [1.82, 2.24) is 10.2 Å². The van der Waals surface area contributed by atoms with Crippen LogP contribution in [0.15, 0.2) is 42.5 Å². The highest BCUT2D eigenvalue weighted by molar-refractivity contribution is 5.85. The molecule has 29 heavy (non-hydrogen) atoms. The van der Waals surface area contributed by atoms with Crippen molar-refractivity contribution in [3.05, 3.63) is 63.7 Å². The third kappa shape index (κ3) is 6.32. The summed E-state index contributed by atoms with van der Waals surface area (Å²) < 4.78 is 11.4. The van der Waals surface area contributed by atoms with E-state index in [2.05, 4.69) is 16.3 Å². The van der Waals surface area contributed by atoms with Crippen LogP contribution in [-0.4, -0.2) is 43.1 Å². The summed E-state index contributed by atoms with van der Waals surface area (Å²) in [6.07, 6.45) is 2.42. The Balaban J connectivity index is 0.00000300. The number of likely N-dealkylation sites (N-methyl/N-ethyl adjacent to an activating group) is 1. The number of rotatable bonds is 8. The SMILES string of the molecule is CNC1CCCN(Cc2ccc(OC)c(OCc3ccc([N+](=O)[O-])cc3)c2)C1.Cl. The van der Waals surface area contributed by atoms with Gasteiger partial charge in [0.05, 0.1) is 12.0 Å². The van der Waals surface area contributed by atoms with Crippen LogP contribution in [-0.2, 0) is 13.2 Å². The molecule has 158 valence electrons. The van der Waals surface area contributed by atoms with Crippen LogP contribution in [0.4, 0.5) is 5.69 Å². The quantitative estimate of drug-likeness (QED) is 0.516. The van der Waals surface area contributed by atoms with E-state index in [0.717, 1.165) is 25.2 Å². The van der Waals surface area contributed by atoms with Crippen molar-refractivity contribution >= 4 is 18.1 Å². The van der Waals surface area contributed by atoms with Crippen molar-refractivity contribution in [2.24, 2.45) is 0 Å². The normalized spacial score (nSPS) is 16.7.